The number of rotatable bonds is 2. The number of halogens is 4. The number of methoxy groups -OCH3 is 1. The van der Waals surface area contributed by atoms with E-state index in [1.165, 1.54) is 25.3 Å². The third kappa shape index (κ3) is 3.13. The summed E-state index contributed by atoms with van der Waals surface area (Å²) in [7, 11) is 1.26. The van der Waals surface area contributed by atoms with E-state index in [0.717, 1.165) is 0 Å². The molecule has 0 aliphatic rings. The largest absolute Gasteiger partial charge is 0.493 e. The maximum absolute atomic E-state index is 11.9. The number of hydrogen-bond acceptors (Lipinski definition) is 3. The summed E-state index contributed by atoms with van der Waals surface area (Å²) in [6, 6.07) is 4.02. The van der Waals surface area contributed by atoms with Gasteiger partial charge < -0.3 is 9.47 Å². The van der Waals surface area contributed by atoms with Crippen molar-refractivity contribution in [3.63, 3.8) is 0 Å². The first-order valence-corrected chi connectivity index (χ1v) is 4.76. The molecule has 0 radical (unpaired) electrons. The normalized spacial score (nSPS) is 11.1. The molecule has 0 saturated carbocycles. The van der Waals surface area contributed by atoms with Crippen LogP contribution in [0.15, 0.2) is 22.7 Å². The van der Waals surface area contributed by atoms with Gasteiger partial charge >= 0.3 is 12.1 Å². The van der Waals surface area contributed by atoms with Crippen molar-refractivity contribution in [2.45, 2.75) is 6.18 Å². The molecule has 0 aliphatic heterocycles. The van der Waals surface area contributed by atoms with Crippen LogP contribution in [-0.4, -0.2) is 19.3 Å². The van der Waals surface area contributed by atoms with E-state index in [9.17, 15) is 18.0 Å². The molecule has 88 valence electrons. The van der Waals surface area contributed by atoms with Gasteiger partial charge in [0.25, 0.3) is 0 Å². The molecular weight excluding hydrogens is 293 g/mol. The number of benzene rings is 1. The lowest BCUT2D eigenvalue weighted by atomic mass is 10.3. The summed E-state index contributed by atoms with van der Waals surface area (Å²) in [4.78, 5) is 10.6. The van der Waals surface area contributed by atoms with E-state index in [1.807, 2.05) is 0 Å². The van der Waals surface area contributed by atoms with Crippen molar-refractivity contribution in [2.75, 3.05) is 7.11 Å². The van der Waals surface area contributed by atoms with Gasteiger partial charge in [-0.3, -0.25) is 0 Å². The highest BCUT2D eigenvalue weighted by molar-refractivity contribution is 9.10. The Morgan fingerprint density at radius 3 is 2.44 bits per heavy atom. The Kier molecular flexibility index (Phi) is 3.79. The third-order valence-electron chi connectivity index (χ3n) is 1.56. The number of carbonyl (C=O) groups is 1. The molecule has 0 unspecified atom stereocenters. The molecule has 7 heteroatoms. The summed E-state index contributed by atoms with van der Waals surface area (Å²) in [6.45, 7) is 0. The van der Waals surface area contributed by atoms with Crippen molar-refractivity contribution >= 4 is 21.9 Å². The first kappa shape index (κ1) is 12.8. The lowest BCUT2D eigenvalue weighted by Crippen LogP contribution is -2.28. The van der Waals surface area contributed by atoms with Gasteiger partial charge in [-0.15, -0.1) is 0 Å². The van der Waals surface area contributed by atoms with Crippen molar-refractivity contribution in [2.24, 2.45) is 0 Å². The van der Waals surface area contributed by atoms with Crippen molar-refractivity contribution in [3.8, 4) is 11.5 Å². The second kappa shape index (κ2) is 4.73. The van der Waals surface area contributed by atoms with Crippen molar-refractivity contribution in [1.29, 1.82) is 0 Å². The van der Waals surface area contributed by atoms with Crippen LogP contribution in [0.25, 0.3) is 0 Å². The predicted octanol–water partition coefficient (Wildman–Crippen LogP) is 2.93. The van der Waals surface area contributed by atoms with Gasteiger partial charge in [0.2, 0.25) is 0 Å². The Morgan fingerprint density at radius 1 is 1.31 bits per heavy atom. The lowest BCUT2D eigenvalue weighted by Gasteiger charge is -2.10. The molecule has 0 amide bonds. The standard InChI is InChI=1S/C9H6BrF3O3/c1-15-7-4-5(10)2-3-6(7)16-8(14)9(11,12)13/h2-4H,1H3. The first-order valence-electron chi connectivity index (χ1n) is 3.97. The quantitative estimate of drug-likeness (QED) is 0.622. The monoisotopic (exact) mass is 298 g/mol. The Labute approximate surface area is 97.3 Å². The van der Waals surface area contributed by atoms with Crippen LogP contribution in [0, 0.1) is 0 Å². The molecule has 0 saturated heterocycles. The third-order valence-corrected chi connectivity index (χ3v) is 2.05. The molecule has 0 atom stereocenters. The Bertz CT molecular complexity index is 403. The second-order valence-corrected chi connectivity index (χ2v) is 3.60. The molecule has 0 bridgehead atoms. The molecule has 0 heterocycles. The molecule has 1 aromatic carbocycles. The van der Waals surface area contributed by atoms with E-state index < -0.39 is 12.1 Å². The van der Waals surface area contributed by atoms with E-state index in [2.05, 4.69) is 20.7 Å². The zero-order valence-electron chi connectivity index (χ0n) is 7.97. The van der Waals surface area contributed by atoms with Gasteiger partial charge in [0.1, 0.15) is 0 Å². The van der Waals surface area contributed by atoms with Crippen LogP contribution in [0.3, 0.4) is 0 Å². The summed E-state index contributed by atoms with van der Waals surface area (Å²) in [6.07, 6.45) is -5.03. The van der Waals surface area contributed by atoms with Crippen molar-refractivity contribution in [1.82, 2.24) is 0 Å². The molecule has 16 heavy (non-hydrogen) atoms. The Hall–Kier alpha value is -1.24. The molecule has 0 spiro atoms. The van der Waals surface area contributed by atoms with Gasteiger partial charge in [-0.2, -0.15) is 13.2 Å². The zero-order chi connectivity index (χ0) is 12.3. The highest BCUT2D eigenvalue weighted by atomic mass is 79.9. The first-order chi connectivity index (χ1) is 7.34. The van der Waals surface area contributed by atoms with Gasteiger partial charge in [0.05, 0.1) is 7.11 Å². The van der Waals surface area contributed by atoms with Gasteiger partial charge in [-0.1, -0.05) is 15.9 Å². The molecular formula is C9H6BrF3O3. The molecule has 0 aromatic heterocycles. The smallest absolute Gasteiger partial charge is 0.491 e. The lowest BCUT2D eigenvalue weighted by molar-refractivity contribution is -0.189. The van der Waals surface area contributed by atoms with E-state index >= 15 is 0 Å². The van der Waals surface area contributed by atoms with E-state index in [4.69, 9.17) is 4.74 Å². The zero-order valence-corrected chi connectivity index (χ0v) is 9.55. The van der Waals surface area contributed by atoms with Crippen LogP contribution in [0.1, 0.15) is 0 Å². The number of ether oxygens (including phenoxy) is 2. The Balaban J connectivity index is 2.93. The van der Waals surface area contributed by atoms with Gasteiger partial charge in [-0.05, 0) is 18.2 Å². The van der Waals surface area contributed by atoms with E-state index in [1.54, 1.807) is 0 Å². The summed E-state index contributed by atoms with van der Waals surface area (Å²) in [5, 5.41) is 0. The molecule has 0 N–H and O–H groups in total. The van der Waals surface area contributed by atoms with Gasteiger partial charge in [0, 0.05) is 4.47 Å². The SMILES string of the molecule is COc1cc(Br)ccc1OC(=O)C(F)(F)F. The minimum atomic E-state index is -5.03. The molecule has 1 aromatic rings. The van der Waals surface area contributed by atoms with Crippen LogP contribution in [0.2, 0.25) is 0 Å². The van der Waals surface area contributed by atoms with Gasteiger partial charge in [0.15, 0.2) is 11.5 Å². The van der Waals surface area contributed by atoms with Crippen molar-refractivity contribution in [3.05, 3.63) is 22.7 Å². The number of esters is 1. The number of carbonyl (C=O) groups excluding carboxylic acids is 1. The fourth-order valence-electron chi connectivity index (χ4n) is 0.883. The topological polar surface area (TPSA) is 35.5 Å². The highest BCUT2D eigenvalue weighted by Crippen LogP contribution is 2.31. The van der Waals surface area contributed by atoms with Crippen LogP contribution in [0.4, 0.5) is 13.2 Å². The van der Waals surface area contributed by atoms with Crippen molar-refractivity contribution < 1.29 is 27.4 Å². The fourth-order valence-corrected chi connectivity index (χ4v) is 1.22. The molecule has 1 rings (SSSR count). The van der Waals surface area contributed by atoms with E-state index in [-0.39, 0.29) is 11.5 Å². The van der Waals surface area contributed by atoms with Crippen LogP contribution in [0.5, 0.6) is 11.5 Å². The average molecular weight is 299 g/mol. The summed E-state index contributed by atoms with van der Waals surface area (Å²) >= 11 is 3.10. The summed E-state index contributed by atoms with van der Waals surface area (Å²) < 4.78 is 45.3. The minimum absolute atomic E-state index is 0.0342. The summed E-state index contributed by atoms with van der Waals surface area (Å²) in [5.41, 5.74) is 0. The van der Waals surface area contributed by atoms with E-state index in [0.29, 0.717) is 4.47 Å². The second-order valence-electron chi connectivity index (χ2n) is 2.68. The number of alkyl halides is 3. The maximum Gasteiger partial charge on any atom is 0.491 e. The molecule has 0 fully saturated rings. The minimum Gasteiger partial charge on any atom is -0.493 e. The fraction of sp³-hybridized carbons (Fsp3) is 0.222. The Morgan fingerprint density at radius 2 is 1.94 bits per heavy atom. The predicted molar refractivity (Wildman–Crippen MR) is 52.4 cm³/mol. The summed E-state index contributed by atoms with van der Waals surface area (Å²) in [5.74, 6) is -2.53. The highest BCUT2D eigenvalue weighted by Gasteiger charge is 2.41. The molecule has 0 aliphatic carbocycles. The average Bonchev–Trinajstić information content (AvgIpc) is 2.19. The molecule has 3 nitrogen and oxygen atoms in total. The van der Waals surface area contributed by atoms with Crippen LogP contribution >= 0.6 is 15.9 Å². The number of hydrogen-bond donors (Lipinski definition) is 0. The van der Waals surface area contributed by atoms with Crippen LogP contribution < -0.4 is 9.47 Å². The maximum atomic E-state index is 11.9. The van der Waals surface area contributed by atoms with Gasteiger partial charge in [-0.25, -0.2) is 4.79 Å². The van der Waals surface area contributed by atoms with Crippen LogP contribution in [-0.2, 0) is 4.79 Å².